The molecule has 3 heteroatoms. The first-order valence-corrected chi connectivity index (χ1v) is 8.03. The minimum Gasteiger partial charge on any atom is -0.313 e. The normalized spacial score (nSPS) is 11.2. The molecule has 1 nitrogen and oxygen atoms in total. The van der Waals surface area contributed by atoms with Crippen LogP contribution in [0, 0.1) is 11.7 Å². The average molecular weight is 330 g/mol. The second-order valence-electron chi connectivity index (χ2n) is 5.51. The van der Waals surface area contributed by atoms with Gasteiger partial charge in [-0.2, -0.15) is 0 Å². The molecule has 19 heavy (non-hydrogen) atoms. The van der Waals surface area contributed by atoms with E-state index in [-0.39, 0.29) is 5.82 Å². The zero-order valence-electron chi connectivity index (χ0n) is 12.0. The van der Waals surface area contributed by atoms with E-state index in [0.717, 1.165) is 22.5 Å². The summed E-state index contributed by atoms with van der Waals surface area (Å²) in [5.74, 6) is 0.685. The average Bonchev–Trinajstić information content (AvgIpc) is 2.36. The standard InChI is InChI=1S/C16H25BrFN/c1-13(2)7-5-3-4-6-10-19-12-14-11-15(17)8-9-16(14)18/h8-9,11,13,19H,3-7,10,12H2,1-2H3. The van der Waals surface area contributed by atoms with Crippen molar-refractivity contribution in [3.8, 4) is 0 Å². The van der Waals surface area contributed by atoms with Crippen molar-refractivity contribution in [1.82, 2.24) is 5.32 Å². The summed E-state index contributed by atoms with van der Waals surface area (Å²) in [5.41, 5.74) is 0.731. The lowest BCUT2D eigenvalue weighted by Crippen LogP contribution is -2.15. The molecule has 0 spiro atoms. The first-order chi connectivity index (χ1) is 9.09. The number of rotatable bonds is 9. The third-order valence-corrected chi connectivity index (χ3v) is 3.70. The predicted octanol–water partition coefficient (Wildman–Crippen LogP) is 5.28. The van der Waals surface area contributed by atoms with E-state index in [9.17, 15) is 4.39 Å². The molecule has 0 bridgehead atoms. The largest absolute Gasteiger partial charge is 0.313 e. The highest BCUT2D eigenvalue weighted by Crippen LogP contribution is 2.15. The first kappa shape index (κ1) is 16.6. The molecule has 0 heterocycles. The van der Waals surface area contributed by atoms with Gasteiger partial charge >= 0.3 is 0 Å². The molecule has 0 fully saturated rings. The van der Waals surface area contributed by atoms with E-state index in [4.69, 9.17) is 0 Å². The van der Waals surface area contributed by atoms with Gasteiger partial charge in [-0.3, -0.25) is 0 Å². The van der Waals surface area contributed by atoms with E-state index >= 15 is 0 Å². The molecule has 0 amide bonds. The summed E-state index contributed by atoms with van der Waals surface area (Å²) >= 11 is 3.36. The number of hydrogen-bond donors (Lipinski definition) is 1. The van der Waals surface area contributed by atoms with Crippen molar-refractivity contribution in [2.45, 2.75) is 52.5 Å². The first-order valence-electron chi connectivity index (χ1n) is 7.24. The molecule has 0 saturated heterocycles. The van der Waals surface area contributed by atoms with E-state index in [2.05, 4.69) is 35.1 Å². The van der Waals surface area contributed by atoms with Crippen LogP contribution in [0.15, 0.2) is 22.7 Å². The zero-order valence-corrected chi connectivity index (χ0v) is 13.6. The zero-order chi connectivity index (χ0) is 14.1. The summed E-state index contributed by atoms with van der Waals surface area (Å²) in [7, 11) is 0. The molecule has 0 aliphatic carbocycles. The van der Waals surface area contributed by atoms with E-state index < -0.39 is 0 Å². The lowest BCUT2D eigenvalue weighted by molar-refractivity contribution is 0.510. The van der Waals surface area contributed by atoms with Crippen LogP contribution >= 0.6 is 15.9 Å². The Morgan fingerprint density at radius 3 is 2.63 bits per heavy atom. The van der Waals surface area contributed by atoms with Gasteiger partial charge in [-0.1, -0.05) is 55.5 Å². The Balaban J connectivity index is 2.06. The SMILES string of the molecule is CC(C)CCCCCCNCc1cc(Br)ccc1F. The fraction of sp³-hybridized carbons (Fsp3) is 0.625. The van der Waals surface area contributed by atoms with Crippen LogP contribution in [-0.2, 0) is 6.54 Å². The lowest BCUT2D eigenvalue weighted by atomic mass is 10.0. The number of hydrogen-bond acceptors (Lipinski definition) is 1. The van der Waals surface area contributed by atoms with Gasteiger partial charge in [-0.25, -0.2) is 4.39 Å². The van der Waals surface area contributed by atoms with E-state index in [0.29, 0.717) is 6.54 Å². The molecule has 1 N–H and O–H groups in total. The van der Waals surface area contributed by atoms with Crippen LogP contribution in [0.4, 0.5) is 4.39 Å². The maximum atomic E-state index is 13.5. The van der Waals surface area contributed by atoms with E-state index in [1.807, 2.05) is 6.07 Å². The third kappa shape index (κ3) is 7.68. The van der Waals surface area contributed by atoms with Crippen molar-refractivity contribution < 1.29 is 4.39 Å². The fourth-order valence-corrected chi connectivity index (χ4v) is 2.47. The van der Waals surface area contributed by atoms with Crippen LogP contribution in [0.3, 0.4) is 0 Å². The number of halogens is 2. The molecule has 0 aliphatic rings. The highest BCUT2D eigenvalue weighted by atomic mass is 79.9. The van der Waals surface area contributed by atoms with Gasteiger partial charge < -0.3 is 5.32 Å². The molecule has 0 atom stereocenters. The van der Waals surface area contributed by atoms with Crippen molar-refractivity contribution in [3.63, 3.8) is 0 Å². The molecule has 0 radical (unpaired) electrons. The topological polar surface area (TPSA) is 12.0 Å². The summed E-state index contributed by atoms with van der Waals surface area (Å²) in [6.45, 7) is 6.12. The lowest BCUT2D eigenvalue weighted by Gasteiger charge is -2.07. The van der Waals surface area contributed by atoms with Gasteiger partial charge in [0.15, 0.2) is 0 Å². The summed E-state index contributed by atoms with van der Waals surface area (Å²) < 4.78 is 14.4. The minimum atomic E-state index is -0.132. The monoisotopic (exact) mass is 329 g/mol. The van der Waals surface area contributed by atoms with Gasteiger partial charge in [0.25, 0.3) is 0 Å². The third-order valence-electron chi connectivity index (χ3n) is 3.21. The quantitative estimate of drug-likeness (QED) is 0.607. The maximum absolute atomic E-state index is 13.5. The van der Waals surface area contributed by atoms with Crippen molar-refractivity contribution in [2.75, 3.05) is 6.54 Å². The van der Waals surface area contributed by atoms with Crippen molar-refractivity contribution in [2.24, 2.45) is 5.92 Å². The smallest absolute Gasteiger partial charge is 0.127 e. The Labute approximate surface area is 125 Å². The fourth-order valence-electron chi connectivity index (χ4n) is 2.06. The summed E-state index contributed by atoms with van der Waals surface area (Å²) in [4.78, 5) is 0. The molecule has 0 unspecified atom stereocenters. The van der Waals surface area contributed by atoms with Gasteiger partial charge in [0.2, 0.25) is 0 Å². The van der Waals surface area contributed by atoms with E-state index in [1.54, 1.807) is 6.07 Å². The van der Waals surface area contributed by atoms with Gasteiger partial charge in [0.05, 0.1) is 0 Å². The Bertz CT molecular complexity index is 366. The molecular weight excluding hydrogens is 305 g/mol. The van der Waals surface area contributed by atoms with Crippen molar-refractivity contribution in [3.05, 3.63) is 34.1 Å². The molecule has 1 aromatic rings. The molecule has 0 saturated carbocycles. The number of unbranched alkanes of at least 4 members (excludes halogenated alkanes) is 3. The molecule has 108 valence electrons. The van der Waals surface area contributed by atoms with Crippen LogP contribution in [-0.4, -0.2) is 6.54 Å². The Morgan fingerprint density at radius 1 is 1.16 bits per heavy atom. The summed E-state index contributed by atoms with van der Waals surface area (Å²) in [6.07, 6.45) is 6.41. The van der Waals surface area contributed by atoms with Crippen LogP contribution in [0.2, 0.25) is 0 Å². The van der Waals surface area contributed by atoms with Gasteiger partial charge in [0, 0.05) is 16.6 Å². The van der Waals surface area contributed by atoms with Crippen molar-refractivity contribution >= 4 is 15.9 Å². The minimum absolute atomic E-state index is 0.132. The van der Waals surface area contributed by atoms with E-state index in [1.165, 1.54) is 38.2 Å². The maximum Gasteiger partial charge on any atom is 0.127 e. The summed E-state index contributed by atoms with van der Waals surface area (Å²) in [6, 6.07) is 5.07. The Morgan fingerprint density at radius 2 is 1.89 bits per heavy atom. The number of benzene rings is 1. The second kappa shape index (κ2) is 9.49. The van der Waals surface area contributed by atoms with Crippen LogP contribution in [0.1, 0.15) is 51.5 Å². The molecule has 1 aromatic carbocycles. The highest BCUT2D eigenvalue weighted by Gasteiger charge is 2.02. The Kier molecular flexibility index (Phi) is 8.31. The molecule has 0 aromatic heterocycles. The molecular formula is C16H25BrFN. The summed E-state index contributed by atoms with van der Waals surface area (Å²) in [5, 5.41) is 3.31. The van der Waals surface area contributed by atoms with Crippen LogP contribution in [0.5, 0.6) is 0 Å². The Hall–Kier alpha value is -0.410. The van der Waals surface area contributed by atoms with Gasteiger partial charge in [0.1, 0.15) is 5.82 Å². The molecule has 1 rings (SSSR count). The van der Waals surface area contributed by atoms with Crippen molar-refractivity contribution in [1.29, 1.82) is 0 Å². The van der Waals surface area contributed by atoms with Gasteiger partial charge in [-0.05, 0) is 37.1 Å². The van der Waals surface area contributed by atoms with Crippen LogP contribution in [0.25, 0.3) is 0 Å². The number of nitrogens with one attached hydrogen (secondary N) is 1. The van der Waals surface area contributed by atoms with Crippen LogP contribution < -0.4 is 5.32 Å². The molecule has 0 aliphatic heterocycles. The second-order valence-corrected chi connectivity index (χ2v) is 6.42. The predicted molar refractivity (Wildman–Crippen MR) is 83.7 cm³/mol. The van der Waals surface area contributed by atoms with Gasteiger partial charge in [-0.15, -0.1) is 0 Å². The highest BCUT2D eigenvalue weighted by molar-refractivity contribution is 9.10.